The fraction of sp³-hybridized carbons (Fsp3) is 0.333. The number of hydrogen-bond donors (Lipinski definition) is 1. The lowest BCUT2D eigenvalue weighted by Crippen LogP contribution is -2.35. The second-order valence-electron chi connectivity index (χ2n) is 5.49. The molecular formula is C15H19N5O3. The van der Waals surface area contributed by atoms with Crippen molar-refractivity contribution < 1.29 is 9.72 Å². The van der Waals surface area contributed by atoms with E-state index in [1.165, 1.54) is 6.07 Å². The quantitative estimate of drug-likeness (QED) is 0.646. The number of amides is 1. The van der Waals surface area contributed by atoms with E-state index in [1.807, 2.05) is 11.5 Å². The number of nitro groups is 1. The summed E-state index contributed by atoms with van der Waals surface area (Å²) in [5.74, 6) is -0.342. The minimum Gasteiger partial charge on any atom is -0.372 e. The summed E-state index contributed by atoms with van der Waals surface area (Å²) in [6.07, 6.45) is 5.14. The molecule has 0 aliphatic rings. The SMILES string of the molecule is CC(Cn1ccnc1)NC(=O)c1ccc(N(C)C)c([N+](=O)[O-])c1. The van der Waals surface area contributed by atoms with Crippen molar-refractivity contribution in [2.75, 3.05) is 19.0 Å². The highest BCUT2D eigenvalue weighted by atomic mass is 16.6. The molecule has 1 aromatic heterocycles. The van der Waals surface area contributed by atoms with Crippen molar-refractivity contribution in [1.29, 1.82) is 0 Å². The highest BCUT2D eigenvalue weighted by Crippen LogP contribution is 2.27. The predicted molar refractivity (Wildman–Crippen MR) is 86.6 cm³/mol. The van der Waals surface area contributed by atoms with E-state index in [1.54, 1.807) is 49.8 Å². The summed E-state index contributed by atoms with van der Waals surface area (Å²) >= 11 is 0. The highest BCUT2D eigenvalue weighted by molar-refractivity contribution is 5.95. The molecule has 0 aliphatic heterocycles. The number of carbonyl (C=O) groups excluding carboxylic acids is 1. The Morgan fingerprint density at radius 1 is 1.48 bits per heavy atom. The van der Waals surface area contributed by atoms with E-state index in [0.29, 0.717) is 12.2 Å². The second kappa shape index (κ2) is 6.91. The van der Waals surface area contributed by atoms with Crippen molar-refractivity contribution in [2.45, 2.75) is 19.5 Å². The lowest BCUT2D eigenvalue weighted by molar-refractivity contribution is -0.384. The van der Waals surface area contributed by atoms with E-state index in [-0.39, 0.29) is 23.2 Å². The minimum atomic E-state index is -0.485. The molecule has 8 heteroatoms. The van der Waals surface area contributed by atoms with Crippen LogP contribution >= 0.6 is 0 Å². The van der Waals surface area contributed by atoms with Crippen LogP contribution < -0.4 is 10.2 Å². The molecule has 0 saturated heterocycles. The molecule has 1 N–H and O–H groups in total. The fourth-order valence-corrected chi connectivity index (χ4v) is 2.25. The van der Waals surface area contributed by atoms with Crippen LogP contribution in [0.5, 0.6) is 0 Å². The molecule has 8 nitrogen and oxygen atoms in total. The van der Waals surface area contributed by atoms with Crippen molar-refractivity contribution in [1.82, 2.24) is 14.9 Å². The van der Waals surface area contributed by atoms with Gasteiger partial charge in [0.25, 0.3) is 11.6 Å². The zero-order valence-corrected chi connectivity index (χ0v) is 13.3. The standard InChI is InChI=1S/C15H19N5O3/c1-11(9-19-7-6-16-10-19)17-15(21)12-4-5-13(18(2)3)14(8-12)20(22)23/h4-8,10-11H,9H2,1-3H3,(H,17,21). The summed E-state index contributed by atoms with van der Waals surface area (Å²) in [5.41, 5.74) is 0.628. The van der Waals surface area contributed by atoms with Gasteiger partial charge in [0.1, 0.15) is 5.69 Å². The first kappa shape index (κ1) is 16.5. The van der Waals surface area contributed by atoms with E-state index in [2.05, 4.69) is 10.3 Å². The lowest BCUT2D eigenvalue weighted by Gasteiger charge is -2.16. The molecule has 0 spiro atoms. The molecule has 23 heavy (non-hydrogen) atoms. The molecular weight excluding hydrogens is 298 g/mol. The maximum atomic E-state index is 12.3. The Labute approximate surface area is 133 Å². The van der Waals surface area contributed by atoms with Crippen LogP contribution in [0.15, 0.2) is 36.9 Å². The first-order chi connectivity index (χ1) is 10.9. The monoisotopic (exact) mass is 317 g/mol. The molecule has 122 valence electrons. The molecule has 0 bridgehead atoms. The second-order valence-corrected chi connectivity index (χ2v) is 5.49. The average molecular weight is 317 g/mol. The summed E-state index contributed by atoms with van der Waals surface area (Å²) < 4.78 is 1.85. The van der Waals surface area contributed by atoms with Gasteiger partial charge in [0, 0.05) is 50.7 Å². The number of rotatable bonds is 6. The summed E-state index contributed by atoms with van der Waals surface area (Å²) in [6, 6.07) is 4.33. The minimum absolute atomic E-state index is 0.0927. The Bertz CT molecular complexity index is 697. The number of carbonyl (C=O) groups is 1. The molecule has 0 radical (unpaired) electrons. The van der Waals surface area contributed by atoms with Gasteiger partial charge < -0.3 is 14.8 Å². The molecule has 0 aliphatic carbocycles. The smallest absolute Gasteiger partial charge is 0.293 e. The fourth-order valence-electron chi connectivity index (χ4n) is 2.25. The van der Waals surface area contributed by atoms with Crippen LogP contribution in [-0.2, 0) is 6.54 Å². The topological polar surface area (TPSA) is 93.3 Å². The summed E-state index contributed by atoms with van der Waals surface area (Å²) in [4.78, 5) is 28.5. The van der Waals surface area contributed by atoms with Gasteiger partial charge in [0.05, 0.1) is 11.3 Å². The van der Waals surface area contributed by atoms with E-state index in [9.17, 15) is 14.9 Å². The van der Waals surface area contributed by atoms with Gasteiger partial charge in [-0.2, -0.15) is 0 Å². The van der Waals surface area contributed by atoms with Crippen molar-refractivity contribution in [3.8, 4) is 0 Å². The van der Waals surface area contributed by atoms with Gasteiger partial charge in [-0.1, -0.05) is 0 Å². The van der Waals surface area contributed by atoms with Crippen LogP contribution in [0.3, 0.4) is 0 Å². The highest BCUT2D eigenvalue weighted by Gasteiger charge is 2.19. The molecule has 2 rings (SSSR count). The molecule has 2 aromatic rings. The van der Waals surface area contributed by atoms with Gasteiger partial charge in [0.2, 0.25) is 0 Å². The Morgan fingerprint density at radius 2 is 2.22 bits per heavy atom. The Balaban J connectivity index is 2.12. The predicted octanol–water partition coefficient (Wildman–Crippen LogP) is 1.68. The van der Waals surface area contributed by atoms with Gasteiger partial charge in [-0.3, -0.25) is 14.9 Å². The number of aromatic nitrogens is 2. The van der Waals surface area contributed by atoms with Crippen LogP contribution in [0.25, 0.3) is 0 Å². The first-order valence-electron chi connectivity index (χ1n) is 7.11. The number of benzene rings is 1. The number of anilines is 1. The molecule has 1 aromatic carbocycles. The molecule has 1 heterocycles. The third-order valence-electron chi connectivity index (χ3n) is 3.34. The number of nitro benzene ring substituents is 1. The average Bonchev–Trinajstić information content (AvgIpc) is 2.98. The number of nitrogens with zero attached hydrogens (tertiary/aromatic N) is 4. The van der Waals surface area contributed by atoms with Gasteiger partial charge in [-0.05, 0) is 19.1 Å². The first-order valence-corrected chi connectivity index (χ1v) is 7.11. The van der Waals surface area contributed by atoms with Crippen LogP contribution in [0.4, 0.5) is 11.4 Å². The maximum Gasteiger partial charge on any atom is 0.293 e. The number of imidazole rings is 1. The normalized spacial score (nSPS) is 11.8. The third kappa shape index (κ3) is 4.06. The van der Waals surface area contributed by atoms with E-state index in [4.69, 9.17) is 0 Å². The zero-order valence-electron chi connectivity index (χ0n) is 13.3. The van der Waals surface area contributed by atoms with Crippen molar-refractivity contribution in [2.24, 2.45) is 0 Å². The molecule has 1 amide bonds. The summed E-state index contributed by atoms with van der Waals surface area (Å²) in [5, 5.41) is 14.0. The Kier molecular flexibility index (Phi) is 4.95. The number of hydrogen-bond acceptors (Lipinski definition) is 5. The van der Waals surface area contributed by atoms with Crippen LogP contribution in [-0.4, -0.2) is 40.5 Å². The summed E-state index contributed by atoms with van der Waals surface area (Å²) in [7, 11) is 3.44. The third-order valence-corrected chi connectivity index (χ3v) is 3.34. The van der Waals surface area contributed by atoms with Crippen LogP contribution in [0.1, 0.15) is 17.3 Å². The van der Waals surface area contributed by atoms with Crippen LogP contribution in [0.2, 0.25) is 0 Å². The van der Waals surface area contributed by atoms with Gasteiger partial charge >= 0.3 is 0 Å². The summed E-state index contributed by atoms with van der Waals surface area (Å²) in [6.45, 7) is 2.43. The molecule has 0 fully saturated rings. The van der Waals surface area contributed by atoms with Crippen molar-refractivity contribution >= 4 is 17.3 Å². The van der Waals surface area contributed by atoms with E-state index < -0.39 is 4.92 Å². The Morgan fingerprint density at radius 3 is 2.78 bits per heavy atom. The molecule has 0 saturated carbocycles. The van der Waals surface area contributed by atoms with Gasteiger partial charge in [0.15, 0.2) is 0 Å². The van der Waals surface area contributed by atoms with Gasteiger partial charge in [-0.25, -0.2) is 4.98 Å². The lowest BCUT2D eigenvalue weighted by atomic mass is 10.1. The van der Waals surface area contributed by atoms with Crippen molar-refractivity contribution in [3.05, 3.63) is 52.6 Å². The van der Waals surface area contributed by atoms with Crippen LogP contribution in [0, 0.1) is 10.1 Å². The van der Waals surface area contributed by atoms with Crippen molar-refractivity contribution in [3.63, 3.8) is 0 Å². The number of nitrogens with one attached hydrogen (secondary N) is 1. The Hall–Kier alpha value is -2.90. The molecule has 1 unspecified atom stereocenters. The molecule has 1 atom stereocenters. The van der Waals surface area contributed by atoms with E-state index in [0.717, 1.165) is 0 Å². The maximum absolute atomic E-state index is 12.3. The van der Waals surface area contributed by atoms with Gasteiger partial charge in [-0.15, -0.1) is 0 Å². The zero-order chi connectivity index (χ0) is 17.0. The van der Waals surface area contributed by atoms with E-state index >= 15 is 0 Å². The largest absolute Gasteiger partial charge is 0.372 e.